The monoisotopic (exact) mass is 231 g/mol. The van der Waals surface area contributed by atoms with Gasteiger partial charge in [0.25, 0.3) is 0 Å². The van der Waals surface area contributed by atoms with Crippen LogP contribution in [0.4, 0.5) is 0 Å². The van der Waals surface area contributed by atoms with Crippen molar-refractivity contribution < 1.29 is 0 Å². The lowest BCUT2D eigenvalue weighted by molar-refractivity contribution is 0.590. The van der Waals surface area contributed by atoms with E-state index in [1.54, 1.807) is 11.8 Å². The number of benzene rings is 1. The summed E-state index contributed by atoms with van der Waals surface area (Å²) in [5.41, 5.74) is 2.14. The van der Waals surface area contributed by atoms with E-state index in [2.05, 4.69) is 57.7 Å². The number of hydrogen-bond donors (Lipinski definition) is 0. The molecular weight excluding hydrogens is 214 g/mol. The summed E-state index contributed by atoms with van der Waals surface area (Å²) in [5.74, 6) is 0.672. The molecular formula is C14H17NS. The van der Waals surface area contributed by atoms with Crippen molar-refractivity contribution in [1.29, 1.82) is 5.26 Å². The number of hydrogen-bond acceptors (Lipinski definition) is 2. The van der Waals surface area contributed by atoms with Crippen LogP contribution in [-0.2, 0) is 5.41 Å². The maximum atomic E-state index is 8.60. The van der Waals surface area contributed by atoms with E-state index in [1.807, 2.05) is 0 Å². The molecule has 0 unspecified atom stereocenters. The molecule has 0 heterocycles. The van der Waals surface area contributed by atoms with Gasteiger partial charge in [-0.15, -0.1) is 11.8 Å². The molecule has 1 rings (SSSR count). The van der Waals surface area contributed by atoms with Crippen LogP contribution in [0, 0.1) is 11.3 Å². The Hall–Kier alpha value is -1.20. The molecule has 0 bridgehead atoms. The fraction of sp³-hybridized carbons (Fsp3) is 0.357. The van der Waals surface area contributed by atoms with Crippen molar-refractivity contribution in [3.63, 3.8) is 0 Å². The summed E-state index contributed by atoms with van der Waals surface area (Å²) in [4.78, 5) is 1.18. The molecule has 0 radical (unpaired) electrons. The van der Waals surface area contributed by atoms with Crippen LogP contribution >= 0.6 is 11.8 Å². The Balaban J connectivity index is 2.66. The van der Waals surface area contributed by atoms with E-state index in [1.165, 1.54) is 10.5 Å². The lowest BCUT2D eigenvalue weighted by Gasteiger charge is -2.19. The van der Waals surface area contributed by atoms with Gasteiger partial charge < -0.3 is 0 Å². The van der Waals surface area contributed by atoms with Gasteiger partial charge in [0.2, 0.25) is 0 Å². The highest BCUT2D eigenvalue weighted by atomic mass is 32.2. The van der Waals surface area contributed by atoms with Crippen LogP contribution in [0.1, 0.15) is 26.3 Å². The molecule has 0 saturated carbocycles. The molecule has 0 spiro atoms. The van der Waals surface area contributed by atoms with Gasteiger partial charge in [0.15, 0.2) is 0 Å². The lowest BCUT2D eigenvalue weighted by atomic mass is 9.87. The minimum Gasteiger partial charge on any atom is -0.193 e. The SMILES string of the molecule is C=C(C#N)CSc1ccc(C(C)(C)C)cc1. The molecule has 84 valence electrons. The van der Waals surface area contributed by atoms with Gasteiger partial charge in [-0.1, -0.05) is 39.5 Å². The van der Waals surface area contributed by atoms with Crippen LogP contribution in [0.2, 0.25) is 0 Å². The molecule has 0 aliphatic rings. The second kappa shape index (κ2) is 5.23. The predicted octanol–water partition coefficient (Wildman–Crippen LogP) is 4.16. The summed E-state index contributed by atoms with van der Waals surface area (Å²) in [6.45, 7) is 10.3. The summed E-state index contributed by atoms with van der Waals surface area (Å²) in [5, 5.41) is 8.60. The summed E-state index contributed by atoms with van der Waals surface area (Å²) < 4.78 is 0. The number of thioether (sulfide) groups is 1. The fourth-order valence-electron chi connectivity index (χ4n) is 1.25. The van der Waals surface area contributed by atoms with Crippen molar-refractivity contribution >= 4 is 11.8 Å². The van der Waals surface area contributed by atoms with E-state index in [0.29, 0.717) is 11.3 Å². The van der Waals surface area contributed by atoms with Crippen molar-refractivity contribution in [2.75, 3.05) is 5.75 Å². The quantitative estimate of drug-likeness (QED) is 0.576. The normalized spacial score (nSPS) is 10.9. The van der Waals surface area contributed by atoms with Crippen LogP contribution in [0.5, 0.6) is 0 Å². The Morgan fingerprint density at radius 2 is 1.88 bits per heavy atom. The minimum atomic E-state index is 0.194. The van der Waals surface area contributed by atoms with Gasteiger partial charge in [-0.3, -0.25) is 0 Å². The number of nitriles is 1. The summed E-state index contributed by atoms with van der Waals surface area (Å²) in [6, 6.07) is 10.6. The smallest absolute Gasteiger partial charge is 0.0949 e. The summed E-state index contributed by atoms with van der Waals surface area (Å²) in [6.07, 6.45) is 0. The van der Waals surface area contributed by atoms with Crippen LogP contribution in [0.25, 0.3) is 0 Å². The standard InChI is InChI=1S/C14H17NS/c1-11(9-15)10-16-13-7-5-12(6-8-13)14(2,3)4/h5-8H,1,10H2,2-4H3. The first kappa shape index (κ1) is 12.9. The van der Waals surface area contributed by atoms with Crippen LogP contribution in [-0.4, -0.2) is 5.75 Å². The van der Waals surface area contributed by atoms with Crippen LogP contribution < -0.4 is 0 Å². The van der Waals surface area contributed by atoms with E-state index in [9.17, 15) is 0 Å². The van der Waals surface area contributed by atoms with Crippen molar-refractivity contribution in [3.8, 4) is 6.07 Å². The molecule has 2 heteroatoms. The number of rotatable bonds is 3. The zero-order valence-corrected chi connectivity index (χ0v) is 10.9. The molecule has 1 aromatic rings. The highest BCUT2D eigenvalue weighted by Gasteiger charge is 2.12. The number of nitrogens with zero attached hydrogens (tertiary/aromatic N) is 1. The zero-order chi connectivity index (χ0) is 12.2. The van der Waals surface area contributed by atoms with Crippen LogP contribution in [0.15, 0.2) is 41.3 Å². The largest absolute Gasteiger partial charge is 0.193 e. The van der Waals surface area contributed by atoms with Gasteiger partial charge in [0.05, 0.1) is 6.07 Å². The molecule has 0 aliphatic heterocycles. The van der Waals surface area contributed by atoms with Gasteiger partial charge in [-0.25, -0.2) is 0 Å². The molecule has 0 N–H and O–H groups in total. The second-order valence-electron chi connectivity index (χ2n) is 4.78. The highest BCUT2D eigenvalue weighted by Crippen LogP contribution is 2.26. The second-order valence-corrected chi connectivity index (χ2v) is 5.83. The predicted molar refractivity (Wildman–Crippen MR) is 70.6 cm³/mol. The fourth-order valence-corrected chi connectivity index (χ4v) is 1.99. The molecule has 0 amide bonds. The highest BCUT2D eigenvalue weighted by molar-refractivity contribution is 7.99. The van der Waals surface area contributed by atoms with E-state index < -0.39 is 0 Å². The topological polar surface area (TPSA) is 23.8 Å². The average Bonchev–Trinajstić information content (AvgIpc) is 2.25. The van der Waals surface area contributed by atoms with Gasteiger partial charge >= 0.3 is 0 Å². The van der Waals surface area contributed by atoms with Gasteiger partial charge in [0.1, 0.15) is 0 Å². The molecule has 1 aromatic carbocycles. The summed E-state index contributed by atoms with van der Waals surface area (Å²) >= 11 is 1.65. The van der Waals surface area contributed by atoms with E-state index in [0.717, 1.165) is 0 Å². The van der Waals surface area contributed by atoms with Crippen molar-refractivity contribution in [3.05, 3.63) is 42.0 Å². The Labute approximate surface area is 102 Å². The van der Waals surface area contributed by atoms with Gasteiger partial charge in [-0.2, -0.15) is 5.26 Å². The molecule has 0 atom stereocenters. The molecule has 0 aromatic heterocycles. The third-order valence-corrected chi connectivity index (χ3v) is 3.39. The van der Waals surface area contributed by atoms with E-state index >= 15 is 0 Å². The Kier molecular flexibility index (Phi) is 4.20. The maximum absolute atomic E-state index is 8.60. The molecule has 0 fully saturated rings. The van der Waals surface area contributed by atoms with E-state index in [-0.39, 0.29) is 5.41 Å². The van der Waals surface area contributed by atoms with E-state index in [4.69, 9.17) is 5.26 Å². The van der Waals surface area contributed by atoms with Gasteiger partial charge in [0, 0.05) is 16.2 Å². The third-order valence-electron chi connectivity index (χ3n) is 2.29. The molecule has 0 aliphatic carbocycles. The maximum Gasteiger partial charge on any atom is 0.0949 e. The first-order valence-electron chi connectivity index (χ1n) is 5.24. The molecule has 0 saturated heterocycles. The first-order valence-corrected chi connectivity index (χ1v) is 6.23. The third kappa shape index (κ3) is 3.75. The zero-order valence-electron chi connectivity index (χ0n) is 10.1. The average molecular weight is 231 g/mol. The summed E-state index contributed by atoms with van der Waals surface area (Å²) in [7, 11) is 0. The first-order chi connectivity index (χ1) is 7.43. The molecule has 16 heavy (non-hydrogen) atoms. The Morgan fingerprint density at radius 3 is 2.31 bits per heavy atom. The van der Waals surface area contributed by atoms with Crippen molar-refractivity contribution in [1.82, 2.24) is 0 Å². The lowest BCUT2D eigenvalue weighted by Crippen LogP contribution is -2.10. The molecule has 1 nitrogen and oxygen atoms in total. The Bertz CT molecular complexity index is 404. The Morgan fingerprint density at radius 1 is 1.31 bits per heavy atom. The minimum absolute atomic E-state index is 0.194. The van der Waals surface area contributed by atoms with Crippen LogP contribution in [0.3, 0.4) is 0 Å². The van der Waals surface area contributed by atoms with Gasteiger partial charge in [-0.05, 0) is 23.1 Å². The van der Waals surface area contributed by atoms with Crippen molar-refractivity contribution in [2.45, 2.75) is 31.1 Å². The van der Waals surface area contributed by atoms with Crippen molar-refractivity contribution in [2.24, 2.45) is 0 Å².